The van der Waals surface area contributed by atoms with Gasteiger partial charge in [-0.15, -0.1) is 0 Å². The lowest BCUT2D eigenvalue weighted by molar-refractivity contribution is -0.139. The van der Waals surface area contributed by atoms with E-state index >= 15 is 0 Å². The van der Waals surface area contributed by atoms with Crippen LogP contribution in [0.4, 0.5) is 0 Å². The van der Waals surface area contributed by atoms with E-state index in [1.165, 1.54) is 0 Å². The number of aromatic nitrogens is 2. The number of hydrogen-bond acceptors (Lipinski definition) is 6. The van der Waals surface area contributed by atoms with Crippen molar-refractivity contribution in [3.05, 3.63) is 119 Å². The van der Waals surface area contributed by atoms with Gasteiger partial charge in [0, 0.05) is 31.0 Å². The number of carbonyl (C=O) groups is 2. The SMILES string of the molecule is CCOc1ccc(C2C(=C(O)c3ccc(OCc4ccccc4C)cc3)C(=O)C(=O)N2CCCn2ccnc2)cc1. The van der Waals surface area contributed by atoms with Gasteiger partial charge in [-0.1, -0.05) is 36.4 Å². The second kappa shape index (κ2) is 12.6. The number of Topliss-reactive ketones (excluding diaryl/α,β-unsaturated/α-hetero) is 1. The van der Waals surface area contributed by atoms with Crippen molar-refractivity contribution in [3.8, 4) is 11.5 Å². The minimum Gasteiger partial charge on any atom is -0.507 e. The predicted molar refractivity (Wildman–Crippen MR) is 155 cm³/mol. The molecule has 0 spiro atoms. The Balaban J connectivity index is 1.42. The van der Waals surface area contributed by atoms with E-state index in [0.717, 1.165) is 16.7 Å². The maximum absolute atomic E-state index is 13.4. The van der Waals surface area contributed by atoms with Gasteiger partial charge in [0.05, 0.1) is 24.5 Å². The monoisotopic (exact) mass is 551 g/mol. The molecule has 1 fully saturated rings. The molecule has 1 unspecified atom stereocenters. The third-order valence-corrected chi connectivity index (χ3v) is 7.20. The van der Waals surface area contributed by atoms with Gasteiger partial charge >= 0.3 is 0 Å². The van der Waals surface area contributed by atoms with Gasteiger partial charge in [0.2, 0.25) is 0 Å². The number of nitrogens with zero attached hydrogens (tertiary/aromatic N) is 3. The number of aliphatic hydroxyl groups excluding tert-OH is 1. The van der Waals surface area contributed by atoms with Gasteiger partial charge in [-0.05, 0) is 73.4 Å². The Labute approximate surface area is 239 Å². The van der Waals surface area contributed by atoms with Gasteiger partial charge in [0.15, 0.2) is 0 Å². The average Bonchev–Trinajstić information content (AvgIpc) is 3.60. The number of aryl methyl sites for hydroxylation is 2. The highest BCUT2D eigenvalue weighted by atomic mass is 16.5. The van der Waals surface area contributed by atoms with E-state index in [-0.39, 0.29) is 11.3 Å². The summed E-state index contributed by atoms with van der Waals surface area (Å²) in [5.41, 5.74) is 3.44. The molecule has 1 N–H and O–H groups in total. The summed E-state index contributed by atoms with van der Waals surface area (Å²) in [5.74, 6) is -0.231. The van der Waals surface area contributed by atoms with Crippen LogP contribution in [0, 0.1) is 6.92 Å². The number of carbonyl (C=O) groups excluding carboxylic acids is 2. The molecule has 2 heterocycles. The Kier molecular flexibility index (Phi) is 8.48. The van der Waals surface area contributed by atoms with E-state index in [4.69, 9.17) is 9.47 Å². The van der Waals surface area contributed by atoms with Crippen molar-refractivity contribution in [2.75, 3.05) is 13.2 Å². The first-order valence-electron chi connectivity index (χ1n) is 13.7. The molecule has 210 valence electrons. The van der Waals surface area contributed by atoms with Crippen LogP contribution in [0.2, 0.25) is 0 Å². The molecule has 41 heavy (non-hydrogen) atoms. The average molecular weight is 552 g/mol. The molecule has 8 heteroatoms. The first kappa shape index (κ1) is 27.7. The fourth-order valence-electron chi connectivity index (χ4n) is 5.01. The van der Waals surface area contributed by atoms with Crippen molar-refractivity contribution in [2.45, 2.75) is 39.5 Å². The molecule has 1 saturated heterocycles. The zero-order chi connectivity index (χ0) is 28.8. The minimum absolute atomic E-state index is 0.0652. The number of amides is 1. The summed E-state index contributed by atoms with van der Waals surface area (Å²) in [5, 5.41) is 11.4. The third-order valence-electron chi connectivity index (χ3n) is 7.20. The molecule has 1 aliphatic rings. The number of aliphatic hydroxyl groups is 1. The van der Waals surface area contributed by atoms with Crippen LogP contribution in [0.3, 0.4) is 0 Å². The third kappa shape index (κ3) is 6.17. The number of benzene rings is 3. The molecule has 1 amide bonds. The summed E-state index contributed by atoms with van der Waals surface area (Å²) in [4.78, 5) is 32.2. The molecule has 0 saturated carbocycles. The summed E-state index contributed by atoms with van der Waals surface area (Å²) < 4.78 is 13.4. The quantitative estimate of drug-likeness (QED) is 0.146. The number of ketones is 1. The van der Waals surface area contributed by atoms with Crippen LogP contribution in [-0.2, 0) is 22.7 Å². The lowest BCUT2D eigenvalue weighted by Crippen LogP contribution is -2.31. The summed E-state index contributed by atoms with van der Waals surface area (Å²) in [7, 11) is 0. The fraction of sp³-hybridized carbons (Fsp3) is 0.242. The molecule has 0 bridgehead atoms. The van der Waals surface area contributed by atoms with E-state index in [9.17, 15) is 14.7 Å². The lowest BCUT2D eigenvalue weighted by Gasteiger charge is -2.25. The highest BCUT2D eigenvalue weighted by Crippen LogP contribution is 2.40. The first-order chi connectivity index (χ1) is 20.0. The maximum Gasteiger partial charge on any atom is 0.295 e. The second-order valence-electron chi connectivity index (χ2n) is 9.89. The molecule has 5 rings (SSSR count). The lowest BCUT2D eigenvalue weighted by atomic mass is 9.95. The molecule has 8 nitrogen and oxygen atoms in total. The van der Waals surface area contributed by atoms with Crippen LogP contribution >= 0.6 is 0 Å². The number of rotatable bonds is 11. The minimum atomic E-state index is -0.731. The summed E-state index contributed by atoms with van der Waals surface area (Å²) in [6, 6.07) is 21.5. The second-order valence-corrected chi connectivity index (χ2v) is 9.89. The van der Waals surface area contributed by atoms with Gasteiger partial charge in [0.25, 0.3) is 11.7 Å². The van der Waals surface area contributed by atoms with Gasteiger partial charge in [-0.3, -0.25) is 9.59 Å². The van der Waals surface area contributed by atoms with E-state index in [1.54, 1.807) is 41.7 Å². The Morgan fingerprint density at radius 3 is 2.32 bits per heavy atom. The van der Waals surface area contributed by atoms with E-state index < -0.39 is 17.7 Å². The Morgan fingerprint density at radius 1 is 0.927 bits per heavy atom. The van der Waals surface area contributed by atoms with Crippen molar-refractivity contribution >= 4 is 17.4 Å². The van der Waals surface area contributed by atoms with Crippen molar-refractivity contribution in [1.29, 1.82) is 0 Å². The summed E-state index contributed by atoms with van der Waals surface area (Å²) in [6.07, 6.45) is 5.88. The first-order valence-corrected chi connectivity index (χ1v) is 13.7. The number of likely N-dealkylation sites (tertiary alicyclic amines) is 1. The van der Waals surface area contributed by atoms with Crippen molar-refractivity contribution < 1.29 is 24.2 Å². The number of ether oxygens (including phenoxy) is 2. The van der Waals surface area contributed by atoms with Crippen LogP contribution in [0.1, 0.15) is 41.6 Å². The number of imidazole rings is 1. The summed E-state index contributed by atoms with van der Waals surface area (Å²) >= 11 is 0. The smallest absolute Gasteiger partial charge is 0.295 e. The van der Waals surface area contributed by atoms with Crippen LogP contribution in [-0.4, -0.2) is 44.4 Å². The van der Waals surface area contributed by atoms with Gasteiger partial charge in [0.1, 0.15) is 23.9 Å². The van der Waals surface area contributed by atoms with Crippen molar-refractivity contribution in [3.63, 3.8) is 0 Å². The molecule has 1 atom stereocenters. The standard InChI is InChI=1S/C33H33N3O5/c1-3-40-27-13-9-24(10-14-27)30-29(32(38)33(39)36(30)19-6-18-35-20-17-34-22-35)31(37)25-11-15-28(16-12-25)41-21-26-8-5-4-7-23(26)2/h4-5,7-17,20,22,30,37H,3,6,18-19,21H2,1-2H3. The largest absolute Gasteiger partial charge is 0.507 e. The molecular weight excluding hydrogens is 518 g/mol. The fourth-order valence-corrected chi connectivity index (χ4v) is 5.01. The molecule has 1 aliphatic heterocycles. The zero-order valence-electron chi connectivity index (χ0n) is 23.2. The van der Waals surface area contributed by atoms with Gasteiger partial charge in [-0.2, -0.15) is 0 Å². The van der Waals surface area contributed by atoms with Crippen LogP contribution in [0.15, 0.2) is 97.1 Å². The highest BCUT2D eigenvalue weighted by molar-refractivity contribution is 6.46. The topological polar surface area (TPSA) is 93.9 Å². The molecule has 0 aliphatic carbocycles. The van der Waals surface area contributed by atoms with E-state index in [1.807, 2.05) is 73.1 Å². The summed E-state index contributed by atoms with van der Waals surface area (Å²) in [6.45, 7) is 5.86. The predicted octanol–water partition coefficient (Wildman–Crippen LogP) is 5.68. The maximum atomic E-state index is 13.4. The van der Waals surface area contributed by atoms with Gasteiger partial charge < -0.3 is 24.0 Å². The van der Waals surface area contributed by atoms with E-state index in [0.29, 0.717) is 49.8 Å². The van der Waals surface area contributed by atoms with Crippen molar-refractivity contribution in [1.82, 2.24) is 14.5 Å². The van der Waals surface area contributed by atoms with Gasteiger partial charge in [-0.25, -0.2) is 4.98 Å². The van der Waals surface area contributed by atoms with E-state index in [2.05, 4.69) is 4.98 Å². The van der Waals surface area contributed by atoms with Crippen LogP contribution in [0.25, 0.3) is 5.76 Å². The molecule has 0 radical (unpaired) electrons. The molecular formula is C33H33N3O5. The molecule has 1 aromatic heterocycles. The molecule has 3 aromatic carbocycles. The highest BCUT2D eigenvalue weighted by Gasteiger charge is 2.45. The van der Waals surface area contributed by atoms with Crippen molar-refractivity contribution in [2.24, 2.45) is 0 Å². The Morgan fingerprint density at radius 2 is 1.63 bits per heavy atom. The molecule has 4 aromatic rings. The normalized spacial score (nSPS) is 16.2. The Hall–Kier alpha value is -4.85. The van der Waals surface area contributed by atoms with Crippen LogP contribution in [0.5, 0.6) is 11.5 Å². The zero-order valence-corrected chi connectivity index (χ0v) is 23.2. The van der Waals surface area contributed by atoms with Crippen LogP contribution < -0.4 is 9.47 Å². The number of hydrogen-bond donors (Lipinski definition) is 1. The Bertz CT molecular complexity index is 1530.